The van der Waals surface area contributed by atoms with Crippen molar-refractivity contribution in [3.63, 3.8) is 0 Å². The summed E-state index contributed by atoms with van der Waals surface area (Å²) in [5.41, 5.74) is 0. The van der Waals surface area contributed by atoms with E-state index in [-0.39, 0.29) is 19.3 Å². The van der Waals surface area contributed by atoms with Gasteiger partial charge < -0.3 is 34.2 Å². The van der Waals surface area contributed by atoms with Gasteiger partial charge in [-0.1, -0.05) is 308 Å². The molecule has 0 spiro atoms. The molecule has 0 aromatic heterocycles. The lowest BCUT2D eigenvalue weighted by molar-refractivity contribution is -0.161. The molecule has 0 rings (SSSR count). The van der Waals surface area contributed by atoms with Gasteiger partial charge in [0.2, 0.25) is 0 Å². The van der Waals surface area contributed by atoms with Crippen LogP contribution in [0.2, 0.25) is 0 Å². The first kappa shape index (κ1) is 98.4. The van der Waals surface area contributed by atoms with Gasteiger partial charge in [-0.25, -0.2) is 9.13 Å². The third-order valence-electron chi connectivity index (χ3n) is 16.5. The zero-order valence-electron chi connectivity index (χ0n) is 64.4. The lowest BCUT2D eigenvalue weighted by atomic mass is 10.0. The first-order chi connectivity index (χ1) is 50.2. The molecule has 0 saturated heterocycles. The Labute approximate surface area is 626 Å². The Balaban J connectivity index is 4.46. The average molecular weight is 1480 g/mol. The molecule has 0 fully saturated rings. The molecule has 103 heavy (non-hydrogen) atoms. The van der Waals surface area contributed by atoms with E-state index in [9.17, 15) is 43.5 Å². The third-order valence-corrected chi connectivity index (χ3v) is 18.4. The maximum atomic E-state index is 12.9. The highest BCUT2D eigenvalue weighted by Gasteiger charge is 2.29. The molecule has 18 heteroatoms. The molecule has 0 aliphatic carbocycles. The summed E-state index contributed by atoms with van der Waals surface area (Å²) in [5, 5.41) is 20.6. The average Bonchev–Trinajstić information content (AvgIpc) is 0.915. The molecule has 0 aliphatic rings. The summed E-state index contributed by atoms with van der Waals surface area (Å²) in [7, 11) is -9.79. The Morgan fingerprint density at radius 1 is 0.282 bits per heavy atom. The van der Waals surface area contributed by atoms with E-state index < -0.39 is 91.5 Å². The monoisotopic (exact) mass is 1480 g/mol. The second kappa shape index (κ2) is 77.1. The summed E-state index contributed by atoms with van der Waals surface area (Å²) in [6.07, 6.45) is 94.8. The maximum Gasteiger partial charge on any atom is 0.472 e. The van der Waals surface area contributed by atoms with Gasteiger partial charge >= 0.3 is 33.6 Å². The van der Waals surface area contributed by atoms with Crippen molar-refractivity contribution in [2.45, 2.75) is 334 Å². The van der Waals surface area contributed by atoms with Crippen molar-refractivity contribution in [3.05, 3.63) is 146 Å². The smallest absolute Gasteiger partial charge is 0.463 e. The predicted molar refractivity (Wildman–Crippen MR) is 426 cm³/mol. The van der Waals surface area contributed by atoms with Crippen LogP contribution in [-0.4, -0.2) is 95.9 Å². The van der Waals surface area contributed by atoms with Gasteiger partial charge in [0.05, 0.1) is 26.4 Å². The van der Waals surface area contributed by atoms with Crippen LogP contribution in [0, 0.1) is 0 Å². The molecule has 0 aromatic rings. The number of aliphatic hydroxyl groups is 2. The summed E-state index contributed by atoms with van der Waals surface area (Å²) in [5.74, 6) is -1.59. The molecular formula is C85H144O16P2. The summed E-state index contributed by atoms with van der Waals surface area (Å²) >= 11 is 0. The van der Waals surface area contributed by atoms with E-state index in [0.717, 1.165) is 173 Å². The van der Waals surface area contributed by atoms with E-state index in [1.807, 2.05) is 0 Å². The van der Waals surface area contributed by atoms with Crippen molar-refractivity contribution in [1.82, 2.24) is 0 Å². The molecule has 0 radical (unpaired) electrons. The normalized spacial score (nSPS) is 14.7. The van der Waals surface area contributed by atoms with Gasteiger partial charge in [-0.05, 0) is 135 Å². The standard InChI is InChI=1S/C85H144O16P2/c1-4-7-10-13-16-19-22-24-26-28-30-32-34-36-38-39-41-43-44-46-48-50-52-54-57-59-62-65-68-71-83(88)95-74-80(86)75-97-102(91,92)98-76-81(87)77-99-103(93,94)100-79-82(101-85(90)73-70-67-64-61-56-21-18-15-12-9-6-3)78-96-84(89)72-69-66-63-60-58-55-53-51-49-47-45-42-40-37-35-33-31-29-27-25-23-20-17-14-11-8-5-2/h7-8,10-11,15-20,24-27,30-33,36-38,40-41,43,80-82,86-87H,4-6,9,12-14,21-23,28-29,34-35,39,42,44-79H2,1-3H3,(H,91,92)(H,93,94)/b10-7-,11-8-,18-15-,19-16-,20-17-,26-24-,27-25-,32-30-,33-31-,38-36-,40-37-,43-41-. The molecule has 0 saturated carbocycles. The minimum absolute atomic E-state index is 0.0912. The van der Waals surface area contributed by atoms with Crippen LogP contribution in [0.4, 0.5) is 0 Å². The molecule has 5 atom stereocenters. The van der Waals surface area contributed by atoms with E-state index in [1.165, 1.54) is 83.5 Å². The van der Waals surface area contributed by atoms with Gasteiger partial charge in [0.25, 0.3) is 0 Å². The van der Waals surface area contributed by atoms with Gasteiger partial charge in [-0.2, -0.15) is 0 Å². The molecule has 590 valence electrons. The molecule has 0 heterocycles. The number of ether oxygens (including phenoxy) is 3. The molecule has 0 aliphatic heterocycles. The molecular weight excluding hydrogens is 1340 g/mol. The van der Waals surface area contributed by atoms with Gasteiger partial charge in [-0.15, -0.1) is 0 Å². The van der Waals surface area contributed by atoms with Gasteiger partial charge in [-0.3, -0.25) is 32.5 Å². The van der Waals surface area contributed by atoms with Crippen LogP contribution in [0.15, 0.2) is 146 Å². The Kier molecular flexibility index (Phi) is 73.6. The number of allylic oxidation sites excluding steroid dienone is 24. The topological polar surface area (TPSA) is 231 Å². The largest absolute Gasteiger partial charge is 0.472 e. The van der Waals surface area contributed by atoms with Crippen LogP contribution in [0.5, 0.6) is 0 Å². The molecule has 16 nitrogen and oxygen atoms in total. The van der Waals surface area contributed by atoms with E-state index >= 15 is 0 Å². The number of carbonyl (C=O) groups excluding carboxylic acids is 3. The highest BCUT2D eigenvalue weighted by molar-refractivity contribution is 7.47. The van der Waals surface area contributed by atoms with Crippen LogP contribution < -0.4 is 0 Å². The van der Waals surface area contributed by atoms with Crippen LogP contribution in [0.1, 0.15) is 316 Å². The highest BCUT2D eigenvalue weighted by Crippen LogP contribution is 2.45. The number of hydrogen-bond acceptors (Lipinski definition) is 14. The number of unbranched alkanes of at least 4 members (excludes halogenated alkanes) is 28. The fraction of sp³-hybridized carbons (Fsp3) is 0.682. The summed E-state index contributed by atoms with van der Waals surface area (Å²) in [6, 6.07) is 0. The number of aliphatic hydroxyl groups excluding tert-OH is 2. The Bertz CT molecular complexity index is 2450. The fourth-order valence-corrected chi connectivity index (χ4v) is 12.1. The second-order valence-electron chi connectivity index (χ2n) is 26.5. The first-order valence-electron chi connectivity index (χ1n) is 40.1. The number of hydrogen-bond donors (Lipinski definition) is 4. The van der Waals surface area contributed by atoms with Gasteiger partial charge in [0.15, 0.2) is 6.10 Å². The fourth-order valence-electron chi connectivity index (χ4n) is 10.5. The van der Waals surface area contributed by atoms with Crippen LogP contribution in [-0.2, 0) is 55.8 Å². The minimum atomic E-state index is -4.93. The van der Waals surface area contributed by atoms with Crippen molar-refractivity contribution < 1.29 is 75.8 Å². The van der Waals surface area contributed by atoms with Crippen LogP contribution >= 0.6 is 15.6 Å². The number of phosphoric acid groups is 2. The SMILES string of the molecule is CC/C=C\C/C=C\C/C=C\C/C=C\C/C=C\C/C=C\CCCCCCCCCCCCC(=O)OCC(O)COP(=O)(O)OCC(O)COP(=O)(O)OCC(COC(=O)CCCCCCCCCCCCC/C=C\C/C=C\C/C=C\C/C=C\C/C=C\CC)OC(=O)CCCCCCC/C=C\CCCC. The minimum Gasteiger partial charge on any atom is -0.463 e. The van der Waals surface area contributed by atoms with Crippen molar-refractivity contribution in [1.29, 1.82) is 0 Å². The number of carbonyl (C=O) groups is 3. The van der Waals surface area contributed by atoms with Gasteiger partial charge in [0, 0.05) is 19.3 Å². The Hall–Kier alpha value is -4.57. The Morgan fingerprint density at radius 2 is 0.515 bits per heavy atom. The van der Waals surface area contributed by atoms with E-state index in [2.05, 4.69) is 167 Å². The first-order valence-corrected chi connectivity index (χ1v) is 43.1. The summed E-state index contributed by atoms with van der Waals surface area (Å²) in [6.45, 7) is 2.40. The zero-order valence-corrected chi connectivity index (χ0v) is 66.2. The van der Waals surface area contributed by atoms with Crippen LogP contribution in [0.3, 0.4) is 0 Å². The lowest BCUT2D eigenvalue weighted by Crippen LogP contribution is -2.30. The maximum absolute atomic E-state index is 12.9. The number of phosphoric ester groups is 2. The van der Waals surface area contributed by atoms with Gasteiger partial charge in [0.1, 0.15) is 25.4 Å². The van der Waals surface area contributed by atoms with Crippen molar-refractivity contribution in [3.8, 4) is 0 Å². The van der Waals surface area contributed by atoms with Crippen molar-refractivity contribution in [2.75, 3.05) is 39.6 Å². The van der Waals surface area contributed by atoms with Crippen molar-refractivity contribution >= 4 is 33.6 Å². The van der Waals surface area contributed by atoms with Crippen LogP contribution in [0.25, 0.3) is 0 Å². The highest BCUT2D eigenvalue weighted by atomic mass is 31.2. The third kappa shape index (κ3) is 78.3. The number of esters is 3. The quantitative estimate of drug-likeness (QED) is 0.0146. The molecule has 0 aromatic carbocycles. The Morgan fingerprint density at radius 3 is 0.825 bits per heavy atom. The second-order valence-corrected chi connectivity index (χ2v) is 29.4. The summed E-state index contributed by atoms with van der Waals surface area (Å²) < 4.78 is 61.1. The van der Waals surface area contributed by atoms with E-state index in [1.54, 1.807) is 0 Å². The zero-order chi connectivity index (χ0) is 75.2. The van der Waals surface area contributed by atoms with E-state index in [0.29, 0.717) is 19.3 Å². The van der Waals surface area contributed by atoms with E-state index in [4.69, 9.17) is 32.3 Å². The lowest BCUT2D eigenvalue weighted by Gasteiger charge is -2.21. The molecule has 5 unspecified atom stereocenters. The molecule has 0 amide bonds. The summed E-state index contributed by atoms with van der Waals surface area (Å²) in [4.78, 5) is 58.6. The molecule has 0 bridgehead atoms. The number of rotatable bonds is 75. The van der Waals surface area contributed by atoms with Crippen molar-refractivity contribution in [2.24, 2.45) is 0 Å². The predicted octanol–water partition coefficient (Wildman–Crippen LogP) is 23.7. The molecule has 4 N–H and O–H groups in total.